The molecule has 2 aromatic rings. The van der Waals surface area contributed by atoms with E-state index in [1.807, 2.05) is 0 Å². The van der Waals surface area contributed by atoms with Crippen LogP contribution in [0, 0.1) is 6.92 Å². The van der Waals surface area contributed by atoms with Crippen molar-refractivity contribution >= 4 is 12.2 Å². The molecule has 2 aromatic carbocycles. The lowest BCUT2D eigenvalue weighted by atomic mass is 9.82. The third-order valence-electron chi connectivity index (χ3n) is 5.12. The van der Waals surface area contributed by atoms with Crippen LogP contribution in [0.15, 0.2) is 42.5 Å². The van der Waals surface area contributed by atoms with E-state index in [4.69, 9.17) is 4.74 Å². The molecule has 2 nitrogen and oxygen atoms in total. The third-order valence-corrected chi connectivity index (χ3v) is 5.12. The van der Waals surface area contributed by atoms with Crippen molar-refractivity contribution in [2.24, 2.45) is 0 Å². The van der Waals surface area contributed by atoms with Crippen LogP contribution >= 0.6 is 0 Å². The SMILES string of the molecule is Cc1cccc2c1C=Cc1ccccc1C2C1CN(C)CCO1. The van der Waals surface area contributed by atoms with Gasteiger partial charge in [0.2, 0.25) is 0 Å². The summed E-state index contributed by atoms with van der Waals surface area (Å²) in [5, 5.41) is 0. The number of nitrogens with zero attached hydrogens (tertiary/aromatic N) is 1. The molecular weight excluding hydrogens is 282 g/mol. The number of hydrogen-bond acceptors (Lipinski definition) is 2. The highest BCUT2D eigenvalue weighted by atomic mass is 16.5. The lowest BCUT2D eigenvalue weighted by Gasteiger charge is -2.36. The van der Waals surface area contributed by atoms with Crippen LogP contribution in [0.3, 0.4) is 0 Å². The summed E-state index contributed by atoms with van der Waals surface area (Å²) >= 11 is 0. The Morgan fingerprint density at radius 2 is 1.83 bits per heavy atom. The number of likely N-dealkylation sites (N-methyl/N-ethyl adjacent to an activating group) is 1. The molecule has 2 heteroatoms. The minimum atomic E-state index is 0.204. The van der Waals surface area contributed by atoms with Crippen LogP contribution in [-0.2, 0) is 4.74 Å². The van der Waals surface area contributed by atoms with E-state index in [-0.39, 0.29) is 6.10 Å². The largest absolute Gasteiger partial charge is 0.375 e. The minimum absolute atomic E-state index is 0.204. The minimum Gasteiger partial charge on any atom is -0.375 e. The lowest BCUT2D eigenvalue weighted by Crippen LogP contribution is -2.43. The van der Waals surface area contributed by atoms with Gasteiger partial charge in [-0.15, -0.1) is 0 Å². The number of hydrogen-bond donors (Lipinski definition) is 0. The maximum absolute atomic E-state index is 6.23. The van der Waals surface area contributed by atoms with Gasteiger partial charge in [0.15, 0.2) is 0 Å². The van der Waals surface area contributed by atoms with Crippen molar-refractivity contribution in [2.45, 2.75) is 18.9 Å². The van der Waals surface area contributed by atoms with Gasteiger partial charge in [-0.05, 0) is 41.8 Å². The molecule has 1 saturated heterocycles. The summed E-state index contributed by atoms with van der Waals surface area (Å²) in [5.41, 5.74) is 6.77. The maximum atomic E-state index is 6.23. The first-order chi connectivity index (χ1) is 11.2. The van der Waals surface area contributed by atoms with Crippen LogP contribution in [0.1, 0.15) is 33.7 Å². The van der Waals surface area contributed by atoms with E-state index in [0.29, 0.717) is 5.92 Å². The Balaban J connectivity index is 1.89. The summed E-state index contributed by atoms with van der Waals surface area (Å²) in [4.78, 5) is 2.38. The summed E-state index contributed by atoms with van der Waals surface area (Å²) in [6, 6.07) is 15.4. The molecule has 0 radical (unpaired) electrons. The second-order valence-corrected chi connectivity index (χ2v) is 6.69. The van der Waals surface area contributed by atoms with Crippen molar-refractivity contribution in [3.63, 3.8) is 0 Å². The predicted molar refractivity (Wildman–Crippen MR) is 95.6 cm³/mol. The van der Waals surface area contributed by atoms with E-state index in [9.17, 15) is 0 Å². The highest BCUT2D eigenvalue weighted by molar-refractivity contribution is 5.78. The number of fused-ring (bicyclic) bond motifs is 2. The van der Waals surface area contributed by atoms with Crippen LogP contribution in [0.5, 0.6) is 0 Å². The van der Waals surface area contributed by atoms with E-state index in [2.05, 4.69) is 73.5 Å². The molecule has 2 atom stereocenters. The first kappa shape index (κ1) is 14.7. The van der Waals surface area contributed by atoms with E-state index >= 15 is 0 Å². The van der Waals surface area contributed by atoms with Gasteiger partial charge in [0.25, 0.3) is 0 Å². The molecule has 118 valence electrons. The van der Waals surface area contributed by atoms with E-state index < -0.39 is 0 Å². The van der Waals surface area contributed by atoms with Crippen LogP contribution in [0.25, 0.3) is 12.2 Å². The topological polar surface area (TPSA) is 12.5 Å². The average molecular weight is 305 g/mol. The quantitative estimate of drug-likeness (QED) is 0.791. The molecule has 4 rings (SSSR count). The monoisotopic (exact) mass is 305 g/mol. The second kappa shape index (κ2) is 5.95. The summed E-state index contributed by atoms with van der Waals surface area (Å²) in [6.45, 7) is 5.01. The highest BCUT2D eigenvalue weighted by Crippen LogP contribution is 2.39. The smallest absolute Gasteiger partial charge is 0.0811 e. The Bertz CT molecular complexity index is 749. The average Bonchev–Trinajstić information content (AvgIpc) is 2.72. The van der Waals surface area contributed by atoms with Crippen molar-refractivity contribution in [3.8, 4) is 0 Å². The zero-order valence-corrected chi connectivity index (χ0v) is 13.8. The molecule has 0 N–H and O–H groups in total. The number of ether oxygens (including phenoxy) is 1. The van der Waals surface area contributed by atoms with Crippen molar-refractivity contribution in [3.05, 3.63) is 70.3 Å². The van der Waals surface area contributed by atoms with Crippen molar-refractivity contribution in [2.75, 3.05) is 26.7 Å². The van der Waals surface area contributed by atoms with Gasteiger partial charge in [0.1, 0.15) is 0 Å². The molecular formula is C21H23NO. The Labute approximate surface area is 138 Å². The molecule has 1 aliphatic heterocycles. The van der Waals surface area contributed by atoms with Crippen molar-refractivity contribution in [1.29, 1.82) is 0 Å². The molecule has 1 fully saturated rings. The molecule has 0 saturated carbocycles. The molecule has 0 spiro atoms. The number of benzene rings is 2. The van der Waals surface area contributed by atoms with Crippen molar-refractivity contribution in [1.82, 2.24) is 4.90 Å². The van der Waals surface area contributed by atoms with Crippen LogP contribution < -0.4 is 0 Å². The number of morpholine rings is 1. The van der Waals surface area contributed by atoms with Gasteiger partial charge in [0.05, 0.1) is 12.7 Å². The first-order valence-corrected chi connectivity index (χ1v) is 8.41. The Morgan fingerprint density at radius 3 is 2.70 bits per heavy atom. The van der Waals surface area contributed by atoms with Gasteiger partial charge >= 0.3 is 0 Å². The summed E-state index contributed by atoms with van der Waals surface area (Å²) in [5.74, 6) is 0.291. The van der Waals surface area contributed by atoms with Crippen LogP contribution in [0.4, 0.5) is 0 Å². The molecule has 2 aliphatic rings. The fourth-order valence-electron chi connectivity index (χ4n) is 3.90. The maximum Gasteiger partial charge on any atom is 0.0811 e. The van der Waals surface area contributed by atoms with Crippen LogP contribution in [0.2, 0.25) is 0 Å². The predicted octanol–water partition coefficient (Wildman–Crippen LogP) is 3.94. The summed E-state index contributed by atoms with van der Waals surface area (Å²) in [6.07, 6.45) is 4.74. The Morgan fingerprint density at radius 1 is 1.00 bits per heavy atom. The zero-order chi connectivity index (χ0) is 15.8. The fraction of sp³-hybridized carbons (Fsp3) is 0.333. The van der Waals surface area contributed by atoms with E-state index in [1.54, 1.807) is 0 Å². The van der Waals surface area contributed by atoms with Gasteiger partial charge in [-0.3, -0.25) is 0 Å². The summed E-state index contributed by atoms with van der Waals surface area (Å²) in [7, 11) is 2.19. The van der Waals surface area contributed by atoms with Crippen LogP contribution in [-0.4, -0.2) is 37.7 Å². The number of aryl methyl sites for hydroxylation is 1. The third kappa shape index (κ3) is 2.62. The standard InChI is InChI=1S/C21H23NO/c1-15-6-5-9-19-17(15)11-10-16-7-3-4-8-18(16)21(19)20-14-22(2)12-13-23-20/h3-11,20-21H,12-14H2,1-2H3. The zero-order valence-electron chi connectivity index (χ0n) is 13.8. The molecule has 2 unspecified atom stereocenters. The molecule has 23 heavy (non-hydrogen) atoms. The molecule has 0 amide bonds. The Kier molecular flexibility index (Phi) is 3.80. The van der Waals surface area contributed by atoms with E-state index in [1.165, 1.54) is 27.8 Å². The van der Waals surface area contributed by atoms with Gasteiger partial charge in [-0.25, -0.2) is 0 Å². The van der Waals surface area contributed by atoms with E-state index in [0.717, 1.165) is 19.7 Å². The molecule has 0 aromatic heterocycles. The lowest BCUT2D eigenvalue weighted by molar-refractivity contribution is -0.0273. The first-order valence-electron chi connectivity index (χ1n) is 8.41. The number of rotatable bonds is 1. The fourth-order valence-corrected chi connectivity index (χ4v) is 3.90. The van der Waals surface area contributed by atoms with Crippen molar-refractivity contribution < 1.29 is 4.74 Å². The second-order valence-electron chi connectivity index (χ2n) is 6.69. The Hall–Kier alpha value is -1.90. The van der Waals surface area contributed by atoms with Gasteiger partial charge < -0.3 is 9.64 Å². The van der Waals surface area contributed by atoms with Gasteiger partial charge in [-0.2, -0.15) is 0 Å². The molecule has 1 heterocycles. The van der Waals surface area contributed by atoms with Gasteiger partial charge in [-0.1, -0.05) is 54.6 Å². The molecule has 1 aliphatic carbocycles. The molecule has 0 bridgehead atoms. The summed E-state index contributed by atoms with van der Waals surface area (Å²) < 4.78 is 6.23. The normalized spacial score (nSPS) is 23.9. The highest BCUT2D eigenvalue weighted by Gasteiger charge is 2.32. The van der Waals surface area contributed by atoms with Gasteiger partial charge in [0, 0.05) is 19.0 Å².